The van der Waals surface area contributed by atoms with Gasteiger partial charge in [0.15, 0.2) is 0 Å². The second-order valence-electron chi connectivity index (χ2n) is 9.12. The molecule has 0 aromatic rings. The van der Waals surface area contributed by atoms with E-state index in [-0.39, 0.29) is 0 Å². The first-order valence-corrected chi connectivity index (χ1v) is 13.9. The fraction of sp³-hybridized carbons (Fsp3) is 1.00. The van der Waals surface area contributed by atoms with Crippen LogP contribution in [0.5, 0.6) is 0 Å². The van der Waals surface area contributed by atoms with E-state index in [0.29, 0.717) is 10.1 Å². The van der Waals surface area contributed by atoms with Gasteiger partial charge in [0.05, 0.1) is 0 Å². The molecule has 0 aromatic carbocycles. The van der Waals surface area contributed by atoms with Crippen LogP contribution in [-0.4, -0.2) is 45.0 Å². The third-order valence-electron chi connectivity index (χ3n) is 5.76. The Hall–Kier alpha value is 0.991. The molecule has 1 nitrogen and oxygen atoms in total. The summed E-state index contributed by atoms with van der Waals surface area (Å²) in [7, 11) is -2.84. The van der Waals surface area contributed by atoms with E-state index in [1.54, 1.807) is 0 Å². The summed E-state index contributed by atoms with van der Waals surface area (Å²) >= 11 is 2.31. The average molecular weight is 294 g/mol. The van der Waals surface area contributed by atoms with Gasteiger partial charge in [0, 0.05) is 0 Å². The van der Waals surface area contributed by atoms with Crippen LogP contribution in [0, 0.1) is 0 Å². The average Bonchev–Trinajstić information content (AvgIpc) is 2.13. The molecule has 0 aliphatic heterocycles. The van der Waals surface area contributed by atoms with Crippen LogP contribution >= 0.6 is 0 Å². The zero-order chi connectivity index (χ0) is 15.7. The molecule has 0 saturated heterocycles. The van der Waals surface area contributed by atoms with Crippen molar-refractivity contribution in [2.45, 2.75) is 89.3 Å². The van der Waals surface area contributed by atoms with E-state index >= 15 is 0 Å². The fourth-order valence-corrected chi connectivity index (χ4v) is 13.0. The number of nitrogens with zero attached hydrogens (tertiary/aromatic N) is 1. The van der Waals surface area contributed by atoms with Crippen LogP contribution in [0.4, 0.5) is 0 Å². The van der Waals surface area contributed by atoms with Gasteiger partial charge in [0.2, 0.25) is 0 Å². The first-order chi connectivity index (χ1) is 8.19. The van der Waals surface area contributed by atoms with Crippen LogP contribution in [0.1, 0.15) is 48.0 Å². The molecule has 0 spiro atoms. The molecule has 0 N–H and O–H groups in total. The Balaban J connectivity index is 5.58. The molecule has 0 unspecified atom stereocenters. The van der Waals surface area contributed by atoms with Crippen molar-refractivity contribution in [3.05, 3.63) is 0 Å². The van der Waals surface area contributed by atoms with Crippen molar-refractivity contribution in [3.63, 3.8) is 0 Å². The molecule has 0 atom stereocenters. The standard InChI is InChI=1S/C15H36NSi2.Li/c1-12-13-16(17(8,9)14(2,3)4)18(10,11)15(5,6)7;/h1,12-13H2,2-11H3;. The second kappa shape index (κ2) is 6.40. The molecule has 0 rings (SSSR count). The van der Waals surface area contributed by atoms with Crippen molar-refractivity contribution in [1.29, 1.82) is 0 Å². The quantitative estimate of drug-likeness (QED) is 0.624. The van der Waals surface area contributed by atoms with E-state index in [2.05, 4.69) is 89.7 Å². The predicted molar refractivity (Wildman–Crippen MR) is 96.3 cm³/mol. The van der Waals surface area contributed by atoms with Gasteiger partial charge < -0.3 is 0 Å². The van der Waals surface area contributed by atoms with Gasteiger partial charge in [-0.3, -0.25) is 0 Å². The Morgan fingerprint density at radius 3 is 1.32 bits per heavy atom. The first kappa shape index (κ1) is 20.0. The topological polar surface area (TPSA) is 3.24 Å². The van der Waals surface area contributed by atoms with Gasteiger partial charge in [-0.15, -0.1) is 0 Å². The second-order valence-corrected chi connectivity index (χ2v) is 19.9. The summed E-state index contributed by atoms with van der Waals surface area (Å²) in [6.45, 7) is 26.4. The number of hydrogen-bond donors (Lipinski definition) is 0. The molecule has 0 saturated carbocycles. The van der Waals surface area contributed by atoms with Gasteiger partial charge in [-0.2, -0.15) is 0 Å². The summed E-state index contributed by atoms with van der Waals surface area (Å²) in [5, 5.41) is 2.19. The van der Waals surface area contributed by atoms with Crippen molar-refractivity contribution in [2.75, 3.05) is 6.54 Å². The van der Waals surface area contributed by atoms with Crippen LogP contribution in [-0.2, 0) is 0 Å². The fourth-order valence-electron chi connectivity index (χ4n) is 2.38. The molecule has 0 amide bonds. The summed E-state index contributed by atoms with van der Waals surface area (Å²) in [6, 6.07) is 0. The minimum atomic E-state index is -1.42. The predicted octanol–water partition coefficient (Wildman–Crippen LogP) is 5.28. The maximum atomic E-state index is 3.03. The van der Waals surface area contributed by atoms with Gasteiger partial charge in [-0.1, -0.05) is 0 Å². The zero-order valence-corrected chi connectivity index (χ0v) is 17.6. The summed E-state index contributed by atoms with van der Waals surface area (Å²) in [5.74, 6) is 0. The third kappa shape index (κ3) is 4.48. The van der Waals surface area contributed by atoms with Crippen LogP contribution in [0.25, 0.3) is 0 Å². The maximum absolute atomic E-state index is 3.03. The Kier molecular flexibility index (Phi) is 6.73. The van der Waals surface area contributed by atoms with Crippen LogP contribution in [0.2, 0.25) is 41.4 Å². The molecule has 4 heteroatoms. The van der Waals surface area contributed by atoms with Gasteiger partial charge in [-0.25, -0.2) is 0 Å². The third-order valence-corrected chi connectivity index (χ3v) is 19.6. The SMILES string of the molecule is [Li][CH2]CCN([Si](C)(C)C(C)(C)C)[Si](C)(C)C(C)(C)C. The van der Waals surface area contributed by atoms with Gasteiger partial charge in [0.25, 0.3) is 0 Å². The van der Waals surface area contributed by atoms with Crippen molar-refractivity contribution in [3.8, 4) is 0 Å². The van der Waals surface area contributed by atoms with Crippen LogP contribution < -0.4 is 0 Å². The molecule has 0 aromatic heterocycles. The van der Waals surface area contributed by atoms with E-state index in [4.69, 9.17) is 0 Å². The number of hydrogen-bond acceptors (Lipinski definition) is 1. The Morgan fingerprint density at radius 1 is 0.789 bits per heavy atom. The summed E-state index contributed by atoms with van der Waals surface area (Å²) < 4.78 is 3.03. The molecule has 0 bridgehead atoms. The zero-order valence-electron chi connectivity index (χ0n) is 15.6. The molecule has 110 valence electrons. The molecule has 0 aliphatic rings. The van der Waals surface area contributed by atoms with Gasteiger partial charge in [0.1, 0.15) is 0 Å². The van der Waals surface area contributed by atoms with E-state index in [1.165, 1.54) is 18.1 Å². The molecule has 0 heterocycles. The molecule has 19 heavy (non-hydrogen) atoms. The van der Waals surface area contributed by atoms with E-state index < -0.39 is 16.5 Å². The molecule has 0 aliphatic carbocycles. The summed E-state index contributed by atoms with van der Waals surface area (Å²) in [4.78, 5) is 0. The van der Waals surface area contributed by atoms with Crippen molar-refractivity contribution >= 4 is 34.2 Å². The minimum absolute atomic E-state index is 0.441. The van der Waals surface area contributed by atoms with Crippen molar-refractivity contribution in [2.24, 2.45) is 0 Å². The summed E-state index contributed by atoms with van der Waals surface area (Å²) in [6.07, 6.45) is 1.35. The van der Waals surface area contributed by atoms with Crippen LogP contribution in [0.15, 0.2) is 0 Å². The Morgan fingerprint density at radius 2 is 1.11 bits per heavy atom. The number of rotatable bonds is 5. The monoisotopic (exact) mass is 293 g/mol. The van der Waals surface area contributed by atoms with Gasteiger partial charge >= 0.3 is 134 Å². The van der Waals surface area contributed by atoms with Gasteiger partial charge in [-0.05, 0) is 0 Å². The van der Waals surface area contributed by atoms with Crippen LogP contribution in [0.3, 0.4) is 0 Å². The van der Waals surface area contributed by atoms with E-state index in [9.17, 15) is 0 Å². The Bertz CT molecular complexity index is 262. The Labute approximate surface area is 134 Å². The molecular weight excluding hydrogens is 257 g/mol. The van der Waals surface area contributed by atoms with E-state index in [1.807, 2.05) is 0 Å². The van der Waals surface area contributed by atoms with E-state index in [0.717, 1.165) is 0 Å². The molecule has 0 fully saturated rings. The summed E-state index contributed by atoms with van der Waals surface area (Å²) in [5.41, 5.74) is 0. The van der Waals surface area contributed by atoms with Crippen molar-refractivity contribution in [1.82, 2.24) is 4.23 Å². The molecular formula is C15H36LiNSi2. The first-order valence-electron chi connectivity index (χ1n) is 7.97. The normalized spacial score (nSPS) is 15.2. The molecule has 0 radical (unpaired) electrons. The van der Waals surface area contributed by atoms with Crippen molar-refractivity contribution < 1.29 is 0 Å².